The predicted octanol–water partition coefficient (Wildman–Crippen LogP) is 3.31. The molecule has 1 aromatic carbocycles. The van der Waals surface area contributed by atoms with Gasteiger partial charge in [-0.1, -0.05) is 24.3 Å². The van der Waals surface area contributed by atoms with Gasteiger partial charge in [0.15, 0.2) is 5.82 Å². The first kappa shape index (κ1) is 13.4. The zero-order valence-electron chi connectivity index (χ0n) is 11.9. The standard InChI is InChI=1S/C16H21N3/c1-4-19(11-14-8-6-5-7-12(14)2)16-15(17)10-9-13(3)18-16/h5-10H,4,11,17H2,1-3H3. The lowest BCUT2D eigenvalue weighted by Crippen LogP contribution is -2.24. The highest BCUT2D eigenvalue weighted by atomic mass is 15.2. The summed E-state index contributed by atoms with van der Waals surface area (Å²) in [6, 6.07) is 12.3. The number of aryl methyl sites for hydroxylation is 2. The van der Waals surface area contributed by atoms with Crippen LogP contribution in [0.15, 0.2) is 36.4 Å². The maximum atomic E-state index is 6.05. The number of nitrogens with zero attached hydrogens (tertiary/aromatic N) is 2. The molecule has 0 bridgehead atoms. The van der Waals surface area contributed by atoms with Gasteiger partial charge >= 0.3 is 0 Å². The molecule has 1 aromatic heterocycles. The van der Waals surface area contributed by atoms with Gasteiger partial charge in [0.05, 0.1) is 5.69 Å². The highest BCUT2D eigenvalue weighted by Gasteiger charge is 2.11. The van der Waals surface area contributed by atoms with E-state index in [9.17, 15) is 0 Å². The molecule has 2 rings (SSSR count). The van der Waals surface area contributed by atoms with E-state index in [1.54, 1.807) is 0 Å². The molecule has 0 unspecified atom stereocenters. The molecule has 2 N–H and O–H groups in total. The summed E-state index contributed by atoms with van der Waals surface area (Å²) in [7, 11) is 0. The molecule has 0 amide bonds. The van der Waals surface area contributed by atoms with Gasteiger partial charge in [0, 0.05) is 18.8 Å². The predicted molar refractivity (Wildman–Crippen MR) is 81.3 cm³/mol. The maximum absolute atomic E-state index is 6.05. The third-order valence-corrected chi connectivity index (χ3v) is 3.35. The number of hydrogen-bond donors (Lipinski definition) is 1. The monoisotopic (exact) mass is 255 g/mol. The Balaban J connectivity index is 2.30. The SMILES string of the molecule is CCN(Cc1ccccc1C)c1nc(C)ccc1N. The summed E-state index contributed by atoms with van der Waals surface area (Å²) in [4.78, 5) is 6.78. The summed E-state index contributed by atoms with van der Waals surface area (Å²) in [5, 5.41) is 0. The molecule has 0 aliphatic heterocycles. The van der Waals surface area contributed by atoms with Gasteiger partial charge < -0.3 is 10.6 Å². The lowest BCUT2D eigenvalue weighted by atomic mass is 10.1. The van der Waals surface area contributed by atoms with E-state index in [0.29, 0.717) is 0 Å². The molecule has 0 saturated heterocycles. The van der Waals surface area contributed by atoms with Crippen molar-refractivity contribution in [1.29, 1.82) is 0 Å². The zero-order chi connectivity index (χ0) is 13.8. The van der Waals surface area contributed by atoms with Crippen LogP contribution < -0.4 is 10.6 Å². The van der Waals surface area contributed by atoms with Crippen molar-refractivity contribution in [2.45, 2.75) is 27.3 Å². The number of pyridine rings is 1. The van der Waals surface area contributed by atoms with E-state index in [1.807, 2.05) is 19.1 Å². The van der Waals surface area contributed by atoms with E-state index in [0.717, 1.165) is 30.3 Å². The molecule has 0 radical (unpaired) electrons. The zero-order valence-corrected chi connectivity index (χ0v) is 11.9. The Hall–Kier alpha value is -2.03. The minimum absolute atomic E-state index is 0.737. The Bertz CT molecular complexity index is 564. The van der Waals surface area contributed by atoms with Crippen LogP contribution in [0.5, 0.6) is 0 Å². The van der Waals surface area contributed by atoms with Crippen molar-refractivity contribution in [3.05, 3.63) is 53.2 Å². The summed E-state index contributed by atoms with van der Waals surface area (Å²) in [6.07, 6.45) is 0. The van der Waals surface area contributed by atoms with Crippen molar-refractivity contribution in [3.63, 3.8) is 0 Å². The Morgan fingerprint density at radius 1 is 1.11 bits per heavy atom. The van der Waals surface area contributed by atoms with Crippen molar-refractivity contribution in [2.75, 3.05) is 17.2 Å². The third kappa shape index (κ3) is 3.05. The highest BCUT2D eigenvalue weighted by Crippen LogP contribution is 2.23. The summed E-state index contributed by atoms with van der Waals surface area (Å²) < 4.78 is 0. The van der Waals surface area contributed by atoms with Gasteiger partial charge in [-0.15, -0.1) is 0 Å². The number of benzene rings is 1. The van der Waals surface area contributed by atoms with Crippen LogP contribution in [0.3, 0.4) is 0 Å². The molecule has 0 aliphatic rings. The molecule has 0 spiro atoms. The van der Waals surface area contributed by atoms with Gasteiger partial charge in [0.1, 0.15) is 0 Å². The average molecular weight is 255 g/mol. The summed E-state index contributed by atoms with van der Waals surface area (Å²) >= 11 is 0. The fourth-order valence-electron chi connectivity index (χ4n) is 2.14. The Morgan fingerprint density at radius 2 is 1.84 bits per heavy atom. The molecule has 0 fully saturated rings. The molecule has 1 heterocycles. The van der Waals surface area contributed by atoms with Gasteiger partial charge in [0.2, 0.25) is 0 Å². The lowest BCUT2D eigenvalue weighted by molar-refractivity contribution is 0.808. The Labute approximate surface area is 115 Å². The van der Waals surface area contributed by atoms with Crippen molar-refractivity contribution in [2.24, 2.45) is 0 Å². The van der Waals surface area contributed by atoms with Gasteiger partial charge in [-0.3, -0.25) is 0 Å². The van der Waals surface area contributed by atoms with Crippen molar-refractivity contribution < 1.29 is 0 Å². The van der Waals surface area contributed by atoms with Crippen LogP contribution in [0.2, 0.25) is 0 Å². The molecule has 100 valence electrons. The largest absolute Gasteiger partial charge is 0.396 e. The molecule has 0 aliphatic carbocycles. The van der Waals surface area contributed by atoms with Crippen LogP contribution >= 0.6 is 0 Å². The van der Waals surface area contributed by atoms with Crippen molar-refractivity contribution in [1.82, 2.24) is 4.98 Å². The molecule has 3 nitrogen and oxygen atoms in total. The van der Waals surface area contributed by atoms with Gasteiger partial charge in [0.25, 0.3) is 0 Å². The highest BCUT2D eigenvalue weighted by molar-refractivity contribution is 5.63. The fraction of sp³-hybridized carbons (Fsp3) is 0.312. The molecular formula is C16H21N3. The number of nitrogen functional groups attached to an aromatic ring is 1. The average Bonchev–Trinajstić information content (AvgIpc) is 2.41. The second-order valence-electron chi connectivity index (χ2n) is 4.81. The van der Waals surface area contributed by atoms with Gasteiger partial charge in [-0.2, -0.15) is 0 Å². The fourth-order valence-corrected chi connectivity index (χ4v) is 2.14. The first-order valence-electron chi connectivity index (χ1n) is 6.64. The van der Waals surface area contributed by atoms with E-state index in [-0.39, 0.29) is 0 Å². The number of anilines is 2. The quantitative estimate of drug-likeness (QED) is 0.911. The molecule has 0 atom stereocenters. The molecule has 19 heavy (non-hydrogen) atoms. The van der Waals surface area contributed by atoms with Crippen LogP contribution in [0.4, 0.5) is 11.5 Å². The summed E-state index contributed by atoms with van der Waals surface area (Å²) in [5.74, 6) is 0.880. The maximum Gasteiger partial charge on any atom is 0.152 e. The minimum Gasteiger partial charge on any atom is -0.396 e. The van der Waals surface area contributed by atoms with E-state index in [2.05, 4.69) is 48.0 Å². The van der Waals surface area contributed by atoms with Crippen LogP contribution in [-0.4, -0.2) is 11.5 Å². The second-order valence-corrected chi connectivity index (χ2v) is 4.81. The van der Waals surface area contributed by atoms with E-state index < -0.39 is 0 Å². The van der Waals surface area contributed by atoms with Crippen LogP contribution in [0.1, 0.15) is 23.7 Å². The topological polar surface area (TPSA) is 42.2 Å². The summed E-state index contributed by atoms with van der Waals surface area (Å²) in [5.41, 5.74) is 10.4. The molecular weight excluding hydrogens is 234 g/mol. The second kappa shape index (κ2) is 5.74. The van der Waals surface area contributed by atoms with E-state index in [1.165, 1.54) is 11.1 Å². The third-order valence-electron chi connectivity index (χ3n) is 3.35. The first-order chi connectivity index (χ1) is 9.11. The normalized spacial score (nSPS) is 10.5. The van der Waals surface area contributed by atoms with Crippen molar-refractivity contribution in [3.8, 4) is 0 Å². The number of hydrogen-bond acceptors (Lipinski definition) is 3. The smallest absolute Gasteiger partial charge is 0.152 e. The Morgan fingerprint density at radius 3 is 2.53 bits per heavy atom. The molecule has 0 saturated carbocycles. The van der Waals surface area contributed by atoms with Crippen LogP contribution in [0, 0.1) is 13.8 Å². The summed E-state index contributed by atoms with van der Waals surface area (Å²) in [6.45, 7) is 7.97. The van der Waals surface area contributed by atoms with Gasteiger partial charge in [-0.25, -0.2) is 4.98 Å². The first-order valence-corrected chi connectivity index (χ1v) is 6.64. The molecule has 3 heteroatoms. The van der Waals surface area contributed by atoms with Crippen LogP contribution in [0.25, 0.3) is 0 Å². The molecule has 2 aromatic rings. The van der Waals surface area contributed by atoms with Gasteiger partial charge in [-0.05, 0) is 44.0 Å². The number of rotatable bonds is 4. The van der Waals surface area contributed by atoms with E-state index >= 15 is 0 Å². The Kier molecular flexibility index (Phi) is 4.05. The van der Waals surface area contributed by atoms with Crippen molar-refractivity contribution >= 4 is 11.5 Å². The minimum atomic E-state index is 0.737. The van der Waals surface area contributed by atoms with Crippen LogP contribution in [-0.2, 0) is 6.54 Å². The lowest BCUT2D eigenvalue weighted by Gasteiger charge is -2.24. The van der Waals surface area contributed by atoms with E-state index in [4.69, 9.17) is 5.73 Å². The number of aromatic nitrogens is 1. The number of nitrogens with two attached hydrogens (primary N) is 1.